The maximum absolute atomic E-state index is 13.0. The third kappa shape index (κ3) is 6.16. The molecule has 0 spiro atoms. The van der Waals surface area contributed by atoms with Gasteiger partial charge in [-0.05, 0) is 48.0 Å². The number of alkyl halides is 3. The lowest BCUT2D eigenvalue weighted by atomic mass is 10.1. The number of hydrogen-bond donors (Lipinski definition) is 1. The van der Waals surface area contributed by atoms with Crippen LogP contribution in [0.5, 0.6) is 5.88 Å². The van der Waals surface area contributed by atoms with Gasteiger partial charge in [-0.3, -0.25) is 9.59 Å². The first-order valence-electron chi connectivity index (χ1n) is 9.59. The van der Waals surface area contributed by atoms with Gasteiger partial charge in [0, 0.05) is 30.4 Å². The molecule has 0 unspecified atom stereocenters. The maximum atomic E-state index is 13.0. The molecule has 0 saturated heterocycles. The van der Waals surface area contributed by atoms with Crippen molar-refractivity contribution in [2.24, 2.45) is 0 Å². The fourth-order valence-electron chi connectivity index (χ4n) is 2.81. The van der Waals surface area contributed by atoms with Gasteiger partial charge in [-0.25, -0.2) is 0 Å². The molecule has 3 aromatic rings. The van der Waals surface area contributed by atoms with Gasteiger partial charge in [0.15, 0.2) is 5.82 Å². The molecule has 2 aromatic carbocycles. The van der Waals surface area contributed by atoms with Gasteiger partial charge in [0.25, 0.3) is 5.91 Å². The molecular formula is C23H19F3N4O3. The number of ether oxygens (including phenoxy) is 1. The zero-order valence-electron chi connectivity index (χ0n) is 17.6. The predicted molar refractivity (Wildman–Crippen MR) is 117 cm³/mol. The quantitative estimate of drug-likeness (QED) is 0.555. The fraction of sp³-hybridized carbons (Fsp3) is 0.130. The molecule has 0 bridgehead atoms. The Kier molecular flexibility index (Phi) is 7.07. The molecule has 0 aliphatic heterocycles. The Labute approximate surface area is 187 Å². The number of halogens is 3. The molecule has 0 aliphatic rings. The molecular weight excluding hydrogens is 437 g/mol. The lowest BCUT2D eigenvalue weighted by Gasteiger charge is -2.19. The number of nitrogens with zero attached hydrogens (tertiary/aromatic N) is 3. The van der Waals surface area contributed by atoms with Gasteiger partial charge in [0.2, 0.25) is 11.8 Å². The van der Waals surface area contributed by atoms with E-state index in [0.29, 0.717) is 11.4 Å². The number of carbonyl (C=O) groups excluding carboxylic acids is 2. The first-order valence-corrected chi connectivity index (χ1v) is 9.59. The summed E-state index contributed by atoms with van der Waals surface area (Å²) in [5.41, 5.74) is 0.0624. The van der Waals surface area contributed by atoms with Crippen LogP contribution in [0, 0.1) is 0 Å². The van der Waals surface area contributed by atoms with Gasteiger partial charge in [-0.1, -0.05) is 18.2 Å². The van der Waals surface area contributed by atoms with Crippen LogP contribution in [0.1, 0.15) is 21.5 Å². The summed E-state index contributed by atoms with van der Waals surface area (Å²) in [6.07, 6.45) is -1.76. The van der Waals surface area contributed by atoms with Crippen LogP contribution in [0.25, 0.3) is 6.08 Å². The van der Waals surface area contributed by atoms with Crippen LogP contribution >= 0.6 is 0 Å². The molecule has 0 atom stereocenters. The van der Waals surface area contributed by atoms with E-state index in [1.165, 1.54) is 56.6 Å². The summed E-state index contributed by atoms with van der Waals surface area (Å²) in [7, 11) is 2.84. The summed E-state index contributed by atoms with van der Waals surface area (Å²) in [6.45, 7) is 0. The number of nitrogens with one attached hydrogen (secondary N) is 1. The number of benzene rings is 2. The van der Waals surface area contributed by atoms with Crippen molar-refractivity contribution in [3.63, 3.8) is 0 Å². The Morgan fingerprint density at radius 3 is 2.45 bits per heavy atom. The van der Waals surface area contributed by atoms with Crippen molar-refractivity contribution < 1.29 is 27.5 Å². The van der Waals surface area contributed by atoms with Crippen LogP contribution in [0.15, 0.2) is 66.7 Å². The smallest absolute Gasteiger partial charge is 0.416 e. The van der Waals surface area contributed by atoms with E-state index < -0.39 is 23.6 Å². The second kappa shape index (κ2) is 9.94. The minimum Gasteiger partial charge on any atom is -0.480 e. The summed E-state index contributed by atoms with van der Waals surface area (Å²) < 4.78 is 43.8. The Morgan fingerprint density at radius 1 is 1.03 bits per heavy atom. The lowest BCUT2D eigenvalue weighted by molar-refractivity contribution is -0.137. The first-order chi connectivity index (χ1) is 15.7. The highest BCUT2D eigenvalue weighted by Crippen LogP contribution is 2.31. The predicted octanol–water partition coefficient (Wildman–Crippen LogP) is 4.43. The largest absolute Gasteiger partial charge is 0.480 e. The van der Waals surface area contributed by atoms with Crippen molar-refractivity contribution in [1.29, 1.82) is 0 Å². The van der Waals surface area contributed by atoms with Crippen LogP contribution in [0.2, 0.25) is 0 Å². The Bertz CT molecular complexity index is 1180. The van der Waals surface area contributed by atoms with Gasteiger partial charge in [0.1, 0.15) is 0 Å². The van der Waals surface area contributed by atoms with Crippen molar-refractivity contribution in [3.8, 4) is 5.88 Å². The van der Waals surface area contributed by atoms with Gasteiger partial charge in [-0.15, -0.1) is 10.2 Å². The van der Waals surface area contributed by atoms with Crippen LogP contribution in [-0.4, -0.2) is 36.2 Å². The van der Waals surface area contributed by atoms with Crippen LogP contribution in [0.4, 0.5) is 24.7 Å². The normalized spacial score (nSPS) is 11.3. The van der Waals surface area contributed by atoms with E-state index in [2.05, 4.69) is 15.5 Å². The minimum atomic E-state index is -4.51. The van der Waals surface area contributed by atoms with Gasteiger partial charge >= 0.3 is 6.18 Å². The van der Waals surface area contributed by atoms with E-state index in [4.69, 9.17) is 4.74 Å². The topological polar surface area (TPSA) is 84.4 Å². The molecule has 1 heterocycles. The van der Waals surface area contributed by atoms with E-state index in [0.717, 1.165) is 17.0 Å². The van der Waals surface area contributed by atoms with Crippen molar-refractivity contribution in [1.82, 2.24) is 10.2 Å². The number of methoxy groups -OCH3 is 1. The van der Waals surface area contributed by atoms with E-state index in [1.807, 2.05) is 0 Å². The zero-order chi connectivity index (χ0) is 24.0. The number of rotatable bonds is 6. The summed E-state index contributed by atoms with van der Waals surface area (Å²) in [5, 5.41) is 10.1. The average molecular weight is 456 g/mol. The fourth-order valence-corrected chi connectivity index (χ4v) is 2.81. The van der Waals surface area contributed by atoms with Crippen molar-refractivity contribution in [2.45, 2.75) is 6.18 Å². The SMILES string of the molecule is COc1ccc(NC(=O)C=Cc2cccc(C(=O)N(C)c3cccc(C(F)(F)F)c3)c2)nn1. The number of hydrogen-bond acceptors (Lipinski definition) is 5. The second-order valence-electron chi connectivity index (χ2n) is 6.82. The number of carbonyl (C=O) groups is 2. The monoisotopic (exact) mass is 456 g/mol. The highest BCUT2D eigenvalue weighted by atomic mass is 19.4. The lowest BCUT2D eigenvalue weighted by Crippen LogP contribution is -2.26. The van der Waals surface area contributed by atoms with Crippen molar-refractivity contribution >= 4 is 29.4 Å². The standard InChI is InChI=1S/C23H19F3N4O3/c1-30(18-8-4-7-17(14-18)23(24,25)26)22(32)16-6-3-5-15(13-16)9-11-20(31)27-19-10-12-21(33-2)29-28-19/h3-14H,1-2H3,(H,27,28,31). The summed E-state index contributed by atoms with van der Waals surface area (Å²) in [5.74, 6) is -0.424. The van der Waals surface area contributed by atoms with Gasteiger partial charge < -0.3 is 15.0 Å². The molecule has 1 N–H and O–H groups in total. The van der Waals surface area contributed by atoms with Crippen LogP contribution in [0.3, 0.4) is 0 Å². The highest BCUT2D eigenvalue weighted by molar-refractivity contribution is 6.06. The molecule has 33 heavy (non-hydrogen) atoms. The second-order valence-corrected chi connectivity index (χ2v) is 6.82. The van der Waals surface area contributed by atoms with E-state index in [9.17, 15) is 22.8 Å². The summed E-state index contributed by atoms with van der Waals surface area (Å²) >= 11 is 0. The number of anilines is 2. The zero-order valence-corrected chi connectivity index (χ0v) is 17.6. The van der Waals surface area contributed by atoms with Crippen molar-refractivity contribution in [3.05, 3.63) is 83.4 Å². The molecule has 1 aromatic heterocycles. The summed E-state index contributed by atoms with van der Waals surface area (Å²) in [6, 6.07) is 13.9. The Hall–Kier alpha value is -4.21. The average Bonchev–Trinajstić information content (AvgIpc) is 2.82. The first kappa shape index (κ1) is 23.5. The maximum Gasteiger partial charge on any atom is 0.416 e. The van der Waals surface area contributed by atoms with E-state index >= 15 is 0 Å². The van der Waals surface area contributed by atoms with E-state index in [1.54, 1.807) is 18.2 Å². The summed E-state index contributed by atoms with van der Waals surface area (Å²) in [4.78, 5) is 26.0. The minimum absolute atomic E-state index is 0.107. The molecule has 3 rings (SSSR count). The molecule has 0 radical (unpaired) electrons. The molecule has 0 fully saturated rings. The molecule has 0 saturated carbocycles. The third-order valence-corrected chi connectivity index (χ3v) is 4.53. The van der Waals surface area contributed by atoms with E-state index in [-0.39, 0.29) is 17.1 Å². The third-order valence-electron chi connectivity index (χ3n) is 4.53. The molecule has 170 valence electrons. The molecule has 10 heteroatoms. The van der Waals surface area contributed by atoms with Crippen molar-refractivity contribution in [2.75, 3.05) is 24.4 Å². The molecule has 2 amide bonds. The van der Waals surface area contributed by atoms with Crippen LogP contribution in [-0.2, 0) is 11.0 Å². The van der Waals surface area contributed by atoms with Crippen LogP contribution < -0.4 is 15.0 Å². The van der Waals surface area contributed by atoms with Gasteiger partial charge in [0.05, 0.1) is 12.7 Å². The molecule has 0 aliphatic carbocycles. The molecule has 7 nitrogen and oxygen atoms in total. The number of aromatic nitrogens is 2. The number of amides is 2. The Balaban J connectivity index is 1.70. The Morgan fingerprint density at radius 2 is 1.79 bits per heavy atom. The highest BCUT2D eigenvalue weighted by Gasteiger charge is 2.31. The van der Waals surface area contributed by atoms with Gasteiger partial charge in [-0.2, -0.15) is 13.2 Å².